The first-order valence-electron chi connectivity index (χ1n) is 3.88. The first-order valence-corrected chi connectivity index (χ1v) is 4.29. The molecule has 1 aromatic carbocycles. The fourth-order valence-corrected chi connectivity index (χ4v) is 1.13. The summed E-state index contributed by atoms with van der Waals surface area (Å²) in [7, 11) is 0. The lowest BCUT2D eigenvalue weighted by Crippen LogP contribution is -2.06. The Balaban J connectivity index is 3.39. The van der Waals surface area contributed by atoms with E-state index in [1.54, 1.807) is 0 Å². The van der Waals surface area contributed by atoms with E-state index in [9.17, 15) is 18.0 Å². The Bertz CT molecular complexity index is 478. The summed E-state index contributed by atoms with van der Waals surface area (Å²) in [6.45, 7) is 0. The summed E-state index contributed by atoms with van der Waals surface area (Å²) < 4.78 is 36.9. The number of alkyl halides is 3. The van der Waals surface area contributed by atoms with Crippen molar-refractivity contribution in [3.63, 3.8) is 0 Å². The molecule has 0 aromatic heterocycles. The molecule has 0 saturated heterocycles. The van der Waals surface area contributed by atoms with Crippen molar-refractivity contribution in [3.8, 4) is 0 Å². The molecule has 0 atom stereocenters. The molecule has 7 heteroatoms. The Labute approximate surface area is 93.2 Å². The first-order chi connectivity index (χ1) is 7.36. The van der Waals surface area contributed by atoms with Crippen LogP contribution in [0, 0.1) is 0 Å². The van der Waals surface area contributed by atoms with E-state index >= 15 is 0 Å². The van der Waals surface area contributed by atoms with Crippen LogP contribution in [0.1, 0.15) is 15.9 Å². The second-order valence-corrected chi connectivity index (χ2v) is 2.92. The maximum absolute atomic E-state index is 12.3. The van der Waals surface area contributed by atoms with Crippen LogP contribution in [-0.2, 0) is 6.18 Å². The Morgan fingerprint density at radius 3 is 2.50 bits per heavy atom. The summed E-state index contributed by atoms with van der Waals surface area (Å²) in [5, 5.41) is 10.5. The van der Waals surface area contributed by atoms with Crippen molar-refractivity contribution < 1.29 is 23.1 Å². The van der Waals surface area contributed by atoms with Crippen LogP contribution in [0.4, 0.5) is 18.9 Å². The molecule has 0 aliphatic carbocycles. The molecule has 0 unspecified atom stereocenters. The number of rotatable bonds is 2. The minimum Gasteiger partial charge on any atom is -0.478 e. The van der Waals surface area contributed by atoms with Gasteiger partial charge in [-0.05, 0) is 30.4 Å². The topological polar surface area (TPSA) is 49.7 Å². The highest BCUT2D eigenvalue weighted by atomic mass is 32.1. The Morgan fingerprint density at radius 1 is 1.44 bits per heavy atom. The lowest BCUT2D eigenvalue weighted by molar-refractivity contribution is -0.137. The number of hydrogen-bond acceptors (Lipinski definition) is 3. The molecule has 0 aliphatic rings. The molecule has 0 radical (unpaired) electrons. The molecular formula is C9H4F3NO2S. The predicted molar refractivity (Wildman–Crippen MR) is 53.1 cm³/mol. The highest BCUT2D eigenvalue weighted by Crippen LogP contribution is 2.33. The molecule has 1 rings (SSSR count). The van der Waals surface area contributed by atoms with Crippen molar-refractivity contribution in [3.05, 3.63) is 29.3 Å². The molecule has 16 heavy (non-hydrogen) atoms. The van der Waals surface area contributed by atoms with E-state index in [4.69, 9.17) is 5.11 Å². The quantitative estimate of drug-likeness (QED) is 0.645. The van der Waals surface area contributed by atoms with Crippen LogP contribution in [0.25, 0.3) is 0 Å². The maximum atomic E-state index is 12.3. The number of carboxylic acid groups (broad SMARTS) is 1. The molecule has 84 valence electrons. The van der Waals surface area contributed by atoms with Gasteiger partial charge in [0.15, 0.2) is 0 Å². The second-order valence-electron chi connectivity index (χ2n) is 2.74. The van der Waals surface area contributed by atoms with Crippen molar-refractivity contribution in [2.75, 3.05) is 0 Å². The van der Waals surface area contributed by atoms with E-state index < -0.39 is 17.7 Å². The Hall–Kier alpha value is -1.72. The van der Waals surface area contributed by atoms with Gasteiger partial charge < -0.3 is 5.11 Å². The maximum Gasteiger partial charge on any atom is 0.416 e. The van der Waals surface area contributed by atoms with Crippen LogP contribution in [0.2, 0.25) is 0 Å². The number of carbonyl (C=O) groups is 1. The molecule has 0 bridgehead atoms. The monoisotopic (exact) mass is 247 g/mol. The molecule has 0 fully saturated rings. The van der Waals surface area contributed by atoms with Gasteiger partial charge in [0.2, 0.25) is 0 Å². The first kappa shape index (κ1) is 12.4. The van der Waals surface area contributed by atoms with Crippen molar-refractivity contribution in [2.45, 2.75) is 6.18 Å². The number of nitrogens with zero attached hydrogens (tertiary/aromatic N) is 1. The zero-order chi connectivity index (χ0) is 12.3. The van der Waals surface area contributed by atoms with Crippen LogP contribution in [0.5, 0.6) is 0 Å². The number of halogens is 3. The van der Waals surface area contributed by atoms with Crippen LogP contribution < -0.4 is 0 Å². The third kappa shape index (κ3) is 2.65. The van der Waals surface area contributed by atoms with Crippen molar-refractivity contribution in [1.29, 1.82) is 0 Å². The molecular weight excluding hydrogens is 243 g/mol. The fraction of sp³-hybridized carbons (Fsp3) is 0.111. The smallest absolute Gasteiger partial charge is 0.416 e. The number of benzene rings is 1. The molecule has 3 nitrogen and oxygen atoms in total. The van der Waals surface area contributed by atoms with Crippen molar-refractivity contribution in [2.24, 2.45) is 4.99 Å². The molecule has 0 spiro atoms. The highest BCUT2D eigenvalue weighted by molar-refractivity contribution is 7.78. The zero-order valence-electron chi connectivity index (χ0n) is 7.58. The van der Waals surface area contributed by atoms with Gasteiger partial charge in [-0.2, -0.15) is 18.2 Å². The van der Waals surface area contributed by atoms with Gasteiger partial charge in [-0.1, -0.05) is 0 Å². The molecule has 0 saturated carbocycles. The van der Waals surface area contributed by atoms with E-state index in [0.29, 0.717) is 12.1 Å². The highest BCUT2D eigenvalue weighted by Gasteiger charge is 2.31. The van der Waals surface area contributed by atoms with Crippen LogP contribution in [0.3, 0.4) is 0 Å². The predicted octanol–water partition coefficient (Wildman–Crippen LogP) is 3.14. The van der Waals surface area contributed by atoms with Crippen molar-refractivity contribution in [1.82, 2.24) is 0 Å². The summed E-state index contributed by atoms with van der Waals surface area (Å²) in [4.78, 5) is 13.9. The van der Waals surface area contributed by atoms with Gasteiger partial charge in [-0.3, -0.25) is 0 Å². The van der Waals surface area contributed by atoms with E-state index in [2.05, 4.69) is 17.2 Å². The second kappa shape index (κ2) is 4.42. The minimum absolute atomic E-state index is 0.356. The van der Waals surface area contributed by atoms with Crippen LogP contribution >= 0.6 is 12.2 Å². The molecule has 0 heterocycles. The Morgan fingerprint density at radius 2 is 2.06 bits per heavy atom. The minimum atomic E-state index is -4.55. The molecule has 1 aromatic rings. The van der Waals surface area contributed by atoms with Crippen LogP contribution in [0.15, 0.2) is 23.2 Å². The summed E-state index contributed by atoms with van der Waals surface area (Å²) in [5.41, 5.74) is -1.70. The number of hydrogen-bond donors (Lipinski definition) is 1. The van der Waals surface area contributed by atoms with E-state index in [0.717, 1.165) is 6.07 Å². The summed E-state index contributed by atoms with van der Waals surface area (Å²) in [6, 6.07) is 2.12. The summed E-state index contributed by atoms with van der Waals surface area (Å²) in [6.07, 6.45) is -4.55. The van der Waals surface area contributed by atoms with Gasteiger partial charge in [0.1, 0.15) is 0 Å². The largest absolute Gasteiger partial charge is 0.478 e. The van der Waals surface area contributed by atoms with E-state index in [1.807, 2.05) is 5.16 Å². The van der Waals surface area contributed by atoms with Gasteiger partial charge in [-0.25, -0.2) is 4.79 Å². The standard InChI is InChI=1S/C9H4F3NO2S/c10-9(11,12)5-1-2-6(8(14)15)7(3-5)13-4-16/h1-3H,(H,14,15). The normalized spacial score (nSPS) is 10.7. The number of carboxylic acids is 1. The average molecular weight is 247 g/mol. The van der Waals surface area contributed by atoms with Gasteiger partial charge in [0.05, 0.1) is 22.0 Å². The molecule has 1 N–H and O–H groups in total. The number of aliphatic imine (C=N–C) groups is 1. The SMILES string of the molecule is O=C(O)c1ccc(C(F)(F)F)cc1N=C=S. The van der Waals surface area contributed by atoms with Gasteiger partial charge in [0, 0.05) is 0 Å². The van der Waals surface area contributed by atoms with Crippen LogP contribution in [-0.4, -0.2) is 16.2 Å². The van der Waals surface area contributed by atoms with Gasteiger partial charge >= 0.3 is 12.1 Å². The Kier molecular flexibility index (Phi) is 3.41. The van der Waals surface area contributed by atoms with Crippen molar-refractivity contribution >= 4 is 29.0 Å². The summed E-state index contributed by atoms with van der Waals surface area (Å²) in [5.74, 6) is -1.38. The number of thiocarbonyl (C=S) groups is 1. The fourth-order valence-electron chi connectivity index (χ4n) is 1.03. The average Bonchev–Trinajstić information content (AvgIpc) is 2.16. The van der Waals surface area contributed by atoms with E-state index in [-0.39, 0.29) is 11.3 Å². The molecule has 0 amide bonds. The third-order valence-electron chi connectivity index (χ3n) is 1.72. The lowest BCUT2D eigenvalue weighted by atomic mass is 10.1. The number of isothiocyanates is 1. The third-order valence-corrected chi connectivity index (χ3v) is 1.81. The summed E-state index contributed by atoms with van der Waals surface area (Å²) >= 11 is 4.23. The molecule has 0 aliphatic heterocycles. The van der Waals surface area contributed by atoms with Gasteiger partial charge in [0.25, 0.3) is 0 Å². The number of aromatic carboxylic acids is 1. The lowest BCUT2D eigenvalue weighted by Gasteiger charge is -2.08. The van der Waals surface area contributed by atoms with E-state index in [1.165, 1.54) is 0 Å². The van der Waals surface area contributed by atoms with Gasteiger partial charge in [-0.15, -0.1) is 0 Å². The zero-order valence-corrected chi connectivity index (χ0v) is 8.39.